The molecule has 1 saturated heterocycles. The lowest BCUT2D eigenvalue weighted by Gasteiger charge is -2.32. The van der Waals surface area contributed by atoms with Crippen LogP contribution in [0.2, 0.25) is 0 Å². The van der Waals surface area contributed by atoms with Gasteiger partial charge in [-0.15, -0.1) is 0 Å². The van der Waals surface area contributed by atoms with Crippen LogP contribution in [0.15, 0.2) is 24.3 Å². The summed E-state index contributed by atoms with van der Waals surface area (Å²) in [6.45, 7) is 6.01. The fourth-order valence-electron chi connectivity index (χ4n) is 2.41. The van der Waals surface area contributed by atoms with Crippen LogP contribution in [0.4, 0.5) is 0 Å². The van der Waals surface area contributed by atoms with Crippen molar-refractivity contribution in [1.82, 2.24) is 0 Å². The third-order valence-electron chi connectivity index (χ3n) is 3.98. The molecular formula is C17H22O4. The molecule has 1 aliphatic rings. The van der Waals surface area contributed by atoms with Crippen molar-refractivity contribution in [1.29, 1.82) is 0 Å². The van der Waals surface area contributed by atoms with Crippen LogP contribution in [-0.2, 0) is 25.5 Å². The standard InChI is InChI=1S/C17H22O4/c1-4-12(2)14-7-5-13(6-8-14)9-10-17(3)20-15(18)11-16(19)21-17/h5-8,12H,4,9-11H2,1-3H3. The van der Waals surface area contributed by atoms with Crippen molar-refractivity contribution in [2.24, 2.45) is 0 Å². The van der Waals surface area contributed by atoms with Crippen LogP contribution in [0.25, 0.3) is 0 Å². The first-order valence-electron chi connectivity index (χ1n) is 7.44. The Hall–Kier alpha value is -1.84. The Kier molecular flexibility index (Phi) is 4.66. The van der Waals surface area contributed by atoms with Crippen molar-refractivity contribution in [2.75, 3.05) is 0 Å². The minimum atomic E-state index is -1.14. The summed E-state index contributed by atoms with van der Waals surface area (Å²) >= 11 is 0. The van der Waals surface area contributed by atoms with Gasteiger partial charge in [0.25, 0.3) is 5.79 Å². The van der Waals surface area contributed by atoms with E-state index in [2.05, 4.69) is 38.1 Å². The molecule has 0 N–H and O–H groups in total. The molecule has 0 amide bonds. The molecule has 4 nitrogen and oxygen atoms in total. The molecule has 1 aromatic carbocycles. The number of hydrogen-bond acceptors (Lipinski definition) is 4. The van der Waals surface area contributed by atoms with E-state index in [1.807, 2.05) is 0 Å². The Morgan fingerprint density at radius 2 is 1.71 bits per heavy atom. The predicted molar refractivity (Wildman–Crippen MR) is 78.7 cm³/mol. The van der Waals surface area contributed by atoms with Crippen molar-refractivity contribution >= 4 is 11.9 Å². The first kappa shape index (κ1) is 15.5. The van der Waals surface area contributed by atoms with Gasteiger partial charge in [0.2, 0.25) is 0 Å². The summed E-state index contributed by atoms with van der Waals surface area (Å²) in [6, 6.07) is 8.42. The van der Waals surface area contributed by atoms with Crippen molar-refractivity contribution in [3.63, 3.8) is 0 Å². The molecule has 1 unspecified atom stereocenters. The quantitative estimate of drug-likeness (QED) is 0.616. The van der Waals surface area contributed by atoms with Crippen LogP contribution < -0.4 is 0 Å². The monoisotopic (exact) mass is 290 g/mol. The molecule has 4 heteroatoms. The van der Waals surface area contributed by atoms with Crippen LogP contribution in [0.1, 0.15) is 57.1 Å². The minimum absolute atomic E-state index is 0.292. The number of rotatable bonds is 5. The highest BCUT2D eigenvalue weighted by Crippen LogP contribution is 2.26. The second-order valence-electron chi connectivity index (χ2n) is 5.81. The van der Waals surface area contributed by atoms with Gasteiger partial charge in [-0.1, -0.05) is 38.1 Å². The van der Waals surface area contributed by atoms with Gasteiger partial charge in [-0.2, -0.15) is 0 Å². The van der Waals surface area contributed by atoms with Gasteiger partial charge in [0.05, 0.1) is 0 Å². The summed E-state index contributed by atoms with van der Waals surface area (Å²) < 4.78 is 10.3. The van der Waals surface area contributed by atoms with E-state index in [1.165, 1.54) is 5.56 Å². The molecule has 2 rings (SSSR count). The molecule has 1 aromatic rings. The summed E-state index contributed by atoms with van der Waals surface area (Å²) in [5, 5.41) is 0. The van der Waals surface area contributed by atoms with Gasteiger partial charge < -0.3 is 9.47 Å². The summed E-state index contributed by atoms with van der Waals surface area (Å²) in [7, 11) is 0. The smallest absolute Gasteiger partial charge is 0.320 e. The fraction of sp³-hybridized carbons (Fsp3) is 0.529. The SMILES string of the molecule is CCC(C)c1ccc(CCC2(C)OC(=O)CC(=O)O2)cc1. The number of cyclic esters (lactones) is 2. The molecule has 0 aromatic heterocycles. The van der Waals surface area contributed by atoms with E-state index < -0.39 is 17.7 Å². The van der Waals surface area contributed by atoms with Crippen LogP contribution in [-0.4, -0.2) is 17.7 Å². The Morgan fingerprint density at radius 3 is 2.24 bits per heavy atom. The maximum atomic E-state index is 11.3. The van der Waals surface area contributed by atoms with Gasteiger partial charge in [-0.05, 0) is 29.9 Å². The summed E-state index contributed by atoms with van der Waals surface area (Å²) in [5.41, 5.74) is 2.46. The largest absolute Gasteiger partial charge is 0.422 e. The molecular weight excluding hydrogens is 268 g/mol. The Bertz CT molecular complexity index is 502. The number of esters is 2. The molecule has 1 fully saturated rings. The van der Waals surface area contributed by atoms with E-state index >= 15 is 0 Å². The number of benzene rings is 1. The second kappa shape index (κ2) is 6.29. The van der Waals surface area contributed by atoms with Crippen LogP contribution >= 0.6 is 0 Å². The average Bonchev–Trinajstić information content (AvgIpc) is 2.43. The topological polar surface area (TPSA) is 52.6 Å². The highest BCUT2D eigenvalue weighted by Gasteiger charge is 2.38. The number of carbonyl (C=O) groups excluding carboxylic acids is 2. The van der Waals surface area contributed by atoms with Crippen molar-refractivity contribution in [3.05, 3.63) is 35.4 Å². The van der Waals surface area contributed by atoms with E-state index in [-0.39, 0.29) is 6.42 Å². The number of carbonyl (C=O) groups is 2. The van der Waals surface area contributed by atoms with Gasteiger partial charge in [0.15, 0.2) is 0 Å². The molecule has 1 aliphatic heterocycles. The van der Waals surface area contributed by atoms with E-state index in [1.54, 1.807) is 6.92 Å². The normalized spacial score (nSPS) is 18.8. The molecule has 21 heavy (non-hydrogen) atoms. The van der Waals surface area contributed by atoms with Gasteiger partial charge in [0.1, 0.15) is 6.42 Å². The van der Waals surface area contributed by atoms with E-state index in [0.717, 1.165) is 12.0 Å². The molecule has 0 radical (unpaired) electrons. The third kappa shape index (κ3) is 4.06. The average molecular weight is 290 g/mol. The molecule has 0 bridgehead atoms. The number of hydrogen-bond donors (Lipinski definition) is 0. The van der Waals surface area contributed by atoms with E-state index in [9.17, 15) is 9.59 Å². The molecule has 0 spiro atoms. The fourth-order valence-corrected chi connectivity index (χ4v) is 2.41. The highest BCUT2D eigenvalue weighted by molar-refractivity contribution is 5.93. The lowest BCUT2D eigenvalue weighted by atomic mass is 9.96. The molecule has 114 valence electrons. The Morgan fingerprint density at radius 1 is 1.14 bits per heavy atom. The van der Waals surface area contributed by atoms with Crippen molar-refractivity contribution < 1.29 is 19.1 Å². The van der Waals surface area contributed by atoms with E-state index in [0.29, 0.717) is 18.8 Å². The third-order valence-corrected chi connectivity index (χ3v) is 3.98. The second-order valence-corrected chi connectivity index (χ2v) is 5.81. The predicted octanol–water partition coefficient (Wildman–Crippen LogP) is 3.34. The van der Waals surface area contributed by atoms with Gasteiger partial charge >= 0.3 is 11.9 Å². The lowest BCUT2D eigenvalue weighted by Crippen LogP contribution is -2.43. The zero-order valence-corrected chi connectivity index (χ0v) is 12.8. The molecule has 1 atom stereocenters. The zero-order chi connectivity index (χ0) is 15.5. The maximum absolute atomic E-state index is 11.3. The summed E-state index contributed by atoms with van der Waals surface area (Å²) in [4.78, 5) is 22.7. The highest BCUT2D eigenvalue weighted by atomic mass is 16.7. The molecule has 1 heterocycles. The van der Waals surface area contributed by atoms with Crippen LogP contribution in [0.3, 0.4) is 0 Å². The first-order valence-corrected chi connectivity index (χ1v) is 7.44. The summed E-state index contributed by atoms with van der Waals surface area (Å²) in [6.07, 6.45) is 1.98. The van der Waals surface area contributed by atoms with Gasteiger partial charge in [0, 0.05) is 13.3 Å². The Labute approximate surface area is 125 Å². The molecule has 0 saturated carbocycles. The summed E-state index contributed by atoms with van der Waals surface area (Å²) in [5.74, 6) is -1.61. The van der Waals surface area contributed by atoms with Crippen LogP contribution in [0.5, 0.6) is 0 Å². The number of ether oxygens (including phenoxy) is 2. The Balaban J connectivity index is 1.96. The minimum Gasteiger partial charge on any atom is -0.422 e. The van der Waals surface area contributed by atoms with E-state index in [4.69, 9.17) is 9.47 Å². The van der Waals surface area contributed by atoms with Crippen LogP contribution in [0, 0.1) is 0 Å². The zero-order valence-electron chi connectivity index (χ0n) is 12.8. The first-order chi connectivity index (χ1) is 9.92. The lowest BCUT2D eigenvalue weighted by molar-refractivity contribution is -0.239. The van der Waals surface area contributed by atoms with Crippen molar-refractivity contribution in [2.45, 2.75) is 58.2 Å². The van der Waals surface area contributed by atoms with Crippen molar-refractivity contribution in [3.8, 4) is 0 Å². The molecule has 0 aliphatic carbocycles. The number of aryl methyl sites for hydroxylation is 1. The van der Waals surface area contributed by atoms with Gasteiger partial charge in [-0.25, -0.2) is 0 Å². The maximum Gasteiger partial charge on any atom is 0.320 e. The van der Waals surface area contributed by atoms with Gasteiger partial charge in [-0.3, -0.25) is 9.59 Å².